The second-order valence-electron chi connectivity index (χ2n) is 4.25. The molecule has 2 rings (SSSR count). The van der Waals surface area contributed by atoms with E-state index < -0.39 is 6.10 Å². The second kappa shape index (κ2) is 6.98. The van der Waals surface area contributed by atoms with E-state index in [1.54, 1.807) is 6.20 Å². The lowest BCUT2D eigenvalue weighted by Gasteiger charge is -2.05. The van der Waals surface area contributed by atoms with Crippen molar-refractivity contribution in [1.29, 1.82) is 0 Å². The summed E-state index contributed by atoms with van der Waals surface area (Å²) in [6, 6.07) is 9.88. The van der Waals surface area contributed by atoms with Gasteiger partial charge >= 0.3 is 0 Å². The Kier molecular flexibility index (Phi) is 5.02. The van der Waals surface area contributed by atoms with Gasteiger partial charge in [-0.15, -0.1) is 5.10 Å². The molecule has 0 fully saturated rings. The third-order valence-electron chi connectivity index (χ3n) is 2.56. The lowest BCUT2D eigenvalue weighted by Crippen LogP contribution is -2.20. The monoisotopic (exact) mass is 263 g/mol. The lowest BCUT2D eigenvalue weighted by molar-refractivity contribution is 0.0777. The van der Waals surface area contributed by atoms with Gasteiger partial charge in [0.2, 0.25) is 0 Å². The smallest absolute Gasteiger partial charge is 0.108 e. The van der Waals surface area contributed by atoms with E-state index in [-0.39, 0.29) is 13.2 Å². The molecule has 6 nitrogen and oxygen atoms in total. The predicted molar refractivity (Wildman–Crippen MR) is 68.0 cm³/mol. The van der Waals surface area contributed by atoms with Gasteiger partial charge in [-0.05, 0) is 5.56 Å². The van der Waals surface area contributed by atoms with Gasteiger partial charge in [0.25, 0.3) is 0 Å². The number of rotatable bonds is 7. The largest absolute Gasteiger partial charge is 0.394 e. The third kappa shape index (κ3) is 4.44. The van der Waals surface area contributed by atoms with E-state index >= 15 is 0 Å². The van der Waals surface area contributed by atoms with Crippen LogP contribution in [-0.2, 0) is 24.5 Å². The van der Waals surface area contributed by atoms with Crippen molar-refractivity contribution < 1.29 is 14.9 Å². The summed E-state index contributed by atoms with van der Waals surface area (Å²) in [6.45, 7) is 0.818. The number of aliphatic hydroxyl groups is 2. The van der Waals surface area contributed by atoms with Crippen molar-refractivity contribution >= 4 is 0 Å². The van der Waals surface area contributed by atoms with Gasteiger partial charge in [-0.2, -0.15) is 0 Å². The van der Waals surface area contributed by atoms with Gasteiger partial charge in [-0.3, -0.25) is 0 Å². The molecule has 0 aliphatic rings. The number of benzene rings is 1. The van der Waals surface area contributed by atoms with Crippen molar-refractivity contribution in [3.63, 3.8) is 0 Å². The lowest BCUT2D eigenvalue weighted by atomic mass is 10.2. The first-order valence-electron chi connectivity index (χ1n) is 6.07. The fourth-order valence-corrected chi connectivity index (χ4v) is 1.62. The molecule has 2 aromatic rings. The molecule has 0 amide bonds. The Morgan fingerprint density at radius 2 is 2.00 bits per heavy atom. The number of aromatic nitrogens is 3. The second-order valence-corrected chi connectivity index (χ2v) is 4.25. The number of hydrogen-bond donors (Lipinski definition) is 2. The van der Waals surface area contributed by atoms with Crippen LogP contribution in [0, 0.1) is 0 Å². The Morgan fingerprint density at radius 3 is 2.74 bits per heavy atom. The zero-order chi connectivity index (χ0) is 13.5. The molecule has 1 aromatic heterocycles. The zero-order valence-electron chi connectivity index (χ0n) is 10.5. The van der Waals surface area contributed by atoms with Crippen molar-refractivity contribution in [2.75, 3.05) is 6.61 Å². The van der Waals surface area contributed by atoms with Crippen LogP contribution < -0.4 is 0 Å². The Morgan fingerprint density at radius 1 is 1.21 bits per heavy atom. The number of ether oxygens (including phenoxy) is 1. The summed E-state index contributed by atoms with van der Waals surface area (Å²) in [5.74, 6) is 0. The van der Waals surface area contributed by atoms with Crippen LogP contribution in [0.3, 0.4) is 0 Å². The summed E-state index contributed by atoms with van der Waals surface area (Å²) in [6.07, 6.45) is 0.879. The van der Waals surface area contributed by atoms with Crippen LogP contribution in [0.4, 0.5) is 0 Å². The van der Waals surface area contributed by atoms with E-state index in [4.69, 9.17) is 9.84 Å². The highest BCUT2D eigenvalue weighted by atomic mass is 16.5. The topological polar surface area (TPSA) is 80.4 Å². The van der Waals surface area contributed by atoms with Crippen molar-refractivity contribution in [1.82, 2.24) is 15.0 Å². The minimum Gasteiger partial charge on any atom is -0.394 e. The molecule has 0 unspecified atom stereocenters. The molecule has 19 heavy (non-hydrogen) atoms. The average Bonchev–Trinajstić information content (AvgIpc) is 2.87. The van der Waals surface area contributed by atoms with Crippen LogP contribution in [0.15, 0.2) is 36.5 Å². The first kappa shape index (κ1) is 13.7. The van der Waals surface area contributed by atoms with E-state index in [0.29, 0.717) is 18.9 Å². The van der Waals surface area contributed by atoms with E-state index in [1.807, 2.05) is 30.3 Å². The molecule has 0 radical (unpaired) electrons. The van der Waals surface area contributed by atoms with Gasteiger partial charge < -0.3 is 14.9 Å². The fraction of sp³-hybridized carbons (Fsp3) is 0.385. The molecule has 0 aliphatic heterocycles. The Hall–Kier alpha value is -1.76. The van der Waals surface area contributed by atoms with Crippen LogP contribution >= 0.6 is 0 Å². The maximum absolute atomic E-state index is 9.28. The molecule has 1 atom stereocenters. The van der Waals surface area contributed by atoms with Gasteiger partial charge in [0.05, 0.1) is 38.7 Å². The van der Waals surface area contributed by atoms with Crippen molar-refractivity contribution in [2.24, 2.45) is 0 Å². The molecular weight excluding hydrogens is 246 g/mol. The minimum atomic E-state index is -0.820. The fourth-order valence-electron chi connectivity index (χ4n) is 1.62. The van der Waals surface area contributed by atoms with Crippen molar-refractivity contribution in [2.45, 2.75) is 25.9 Å². The standard InChI is InChI=1S/C13H17N3O3/c17-8-13(18)7-16-6-12(14-15-16)10-19-9-11-4-2-1-3-5-11/h1-6,13,17-18H,7-10H2/t13-/m0/s1. The highest BCUT2D eigenvalue weighted by Crippen LogP contribution is 2.03. The molecule has 0 bridgehead atoms. The van der Waals surface area contributed by atoms with Crippen molar-refractivity contribution in [3.05, 3.63) is 47.8 Å². The quantitative estimate of drug-likeness (QED) is 0.753. The molecule has 0 saturated heterocycles. The van der Waals surface area contributed by atoms with E-state index in [1.165, 1.54) is 4.68 Å². The first-order chi connectivity index (χ1) is 9.28. The normalized spacial score (nSPS) is 12.5. The molecule has 6 heteroatoms. The third-order valence-corrected chi connectivity index (χ3v) is 2.56. The summed E-state index contributed by atoms with van der Waals surface area (Å²) >= 11 is 0. The van der Waals surface area contributed by atoms with Crippen LogP contribution in [0.2, 0.25) is 0 Å². The highest BCUT2D eigenvalue weighted by Gasteiger charge is 2.06. The number of hydrogen-bond acceptors (Lipinski definition) is 5. The summed E-state index contributed by atoms with van der Waals surface area (Å²) < 4.78 is 7.01. The molecule has 2 N–H and O–H groups in total. The summed E-state index contributed by atoms with van der Waals surface area (Å²) in [5.41, 5.74) is 1.80. The molecule has 102 valence electrons. The number of aliphatic hydroxyl groups excluding tert-OH is 2. The van der Waals surface area contributed by atoms with Gasteiger partial charge in [0.1, 0.15) is 5.69 Å². The van der Waals surface area contributed by atoms with Crippen LogP contribution in [-0.4, -0.2) is 37.9 Å². The first-order valence-corrected chi connectivity index (χ1v) is 6.07. The van der Waals surface area contributed by atoms with Gasteiger partial charge in [-0.1, -0.05) is 35.5 Å². The molecular formula is C13H17N3O3. The zero-order valence-corrected chi connectivity index (χ0v) is 10.5. The van der Waals surface area contributed by atoms with Crippen molar-refractivity contribution in [3.8, 4) is 0 Å². The molecule has 0 spiro atoms. The highest BCUT2D eigenvalue weighted by molar-refractivity contribution is 5.13. The molecule has 0 saturated carbocycles. The van der Waals surface area contributed by atoms with E-state index in [0.717, 1.165) is 5.56 Å². The van der Waals surface area contributed by atoms with E-state index in [9.17, 15) is 5.11 Å². The van der Waals surface area contributed by atoms with Gasteiger partial charge in [0, 0.05) is 0 Å². The SMILES string of the molecule is OC[C@@H](O)Cn1cc(COCc2ccccc2)nn1. The number of nitrogens with zero attached hydrogens (tertiary/aromatic N) is 3. The summed E-state index contributed by atoms with van der Waals surface area (Å²) in [7, 11) is 0. The Bertz CT molecular complexity index is 487. The molecule has 0 aliphatic carbocycles. The van der Waals surface area contributed by atoms with Crippen LogP contribution in [0.5, 0.6) is 0 Å². The van der Waals surface area contributed by atoms with Gasteiger partial charge in [-0.25, -0.2) is 4.68 Å². The Labute approximate surface area is 111 Å². The maximum atomic E-state index is 9.28. The minimum absolute atomic E-state index is 0.224. The van der Waals surface area contributed by atoms with Crippen LogP contribution in [0.25, 0.3) is 0 Å². The van der Waals surface area contributed by atoms with Crippen LogP contribution in [0.1, 0.15) is 11.3 Å². The van der Waals surface area contributed by atoms with Gasteiger partial charge in [0.15, 0.2) is 0 Å². The maximum Gasteiger partial charge on any atom is 0.108 e. The summed E-state index contributed by atoms with van der Waals surface area (Å²) in [4.78, 5) is 0. The molecule has 1 heterocycles. The average molecular weight is 263 g/mol. The van der Waals surface area contributed by atoms with E-state index in [2.05, 4.69) is 10.3 Å². The predicted octanol–water partition coefficient (Wildman–Crippen LogP) is 0.348. The summed E-state index contributed by atoms with van der Waals surface area (Å²) in [5, 5.41) is 25.8. The molecule has 1 aromatic carbocycles. The Balaban J connectivity index is 1.77.